The van der Waals surface area contributed by atoms with Gasteiger partial charge in [-0.15, -0.1) is 0 Å². The predicted molar refractivity (Wildman–Crippen MR) is 74.2 cm³/mol. The van der Waals surface area contributed by atoms with Gasteiger partial charge in [-0.25, -0.2) is 4.79 Å². The van der Waals surface area contributed by atoms with Gasteiger partial charge in [0.25, 0.3) is 0 Å². The third-order valence-corrected chi connectivity index (χ3v) is 3.01. The van der Waals surface area contributed by atoms with Crippen molar-refractivity contribution in [3.63, 3.8) is 0 Å². The average Bonchev–Trinajstić information content (AvgIpc) is 2.39. The molecule has 0 saturated heterocycles. The lowest BCUT2D eigenvalue weighted by atomic mass is 10.0. The molecule has 0 fully saturated rings. The minimum Gasteiger partial charge on any atom is -0.508 e. The van der Waals surface area contributed by atoms with Crippen LogP contribution >= 0.6 is 0 Å². The number of hydrogen-bond donors (Lipinski definition) is 4. The van der Waals surface area contributed by atoms with E-state index in [4.69, 9.17) is 10.8 Å². The zero-order valence-corrected chi connectivity index (χ0v) is 11.5. The van der Waals surface area contributed by atoms with E-state index in [0.717, 1.165) is 0 Å². The first kappa shape index (κ1) is 16.0. The van der Waals surface area contributed by atoms with E-state index in [1.807, 2.05) is 0 Å². The number of phenolic OH excluding ortho intramolecular Hbond substituents is 1. The molecule has 0 bridgehead atoms. The van der Waals surface area contributed by atoms with Crippen LogP contribution in [-0.2, 0) is 16.0 Å². The van der Waals surface area contributed by atoms with Crippen LogP contribution in [0.15, 0.2) is 24.3 Å². The summed E-state index contributed by atoms with van der Waals surface area (Å²) in [5.41, 5.74) is 6.39. The molecule has 20 heavy (non-hydrogen) atoms. The molecular weight excluding hydrogens is 260 g/mol. The quantitative estimate of drug-likeness (QED) is 0.605. The zero-order valence-electron chi connectivity index (χ0n) is 11.5. The van der Waals surface area contributed by atoms with Crippen LogP contribution in [0.4, 0.5) is 0 Å². The van der Waals surface area contributed by atoms with E-state index in [1.165, 1.54) is 12.1 Å². The van der Waals surface area contributed by atoms with Gasteiger partial charge in [-0.3, -0.25) is 4.79 Å². The smallest absolute Gasteiger partial charge is 0.326 e. The molecule has 0 aliphatic rings. The lowest BCUT2D eigenvalue weighted by Crippen LogP contribution is -2.51. The Kier molecular flexibility index (Phi) is 5.52. The summed E-state index contributed by atoms with van der Waals surface area (Å²) in [6, 6.07) is 4.37. The first-order chi connectivity index (χ1) is 9.31. The number of carbonyl (C=O) groups is 2. The fourth-order valence-corrected chi connectivity index (χ4v) is 1.64. The number of aromatic hydroxyl groups is 1. The van der Waals surface area contributed by atoms with Crippen molar-refractivity contribution >= 4 is 11.9 Å². The van der Waals surface area contributed by atoms with Crippen LogP contribution in [0.25, 0.3) is 0 Å². The summed E-state index contributed by atoms with van der Waals surface area (Å²) in [5.74, 6) is -1.57. The number of carboxylic acid groups (broad SMARTS) is 1. The summed E-state index contributed by atoms with van der Waals surface area (Å²) in [7, 11) is 0. The van der Waals surface area contributed by atoms with Crippen LogP contribution in [0.3, 0.4) is 0 Å². The van der Waals surface area contributed by atoms with E-state index < -0.39 is 24.0 Å². The minimum absolute atomic E-state index is 0.0712. The van der Waals surface area contributed by atoms with Gasteiger partial charge >= 0.3 is 5.97 Å². The summed E-state index contributed by atoms with van der Waals surface area (Å²) in [6.45, 7) is 3.58. The van der Waals surface area contributed by atoms with Crippen molar-refractivity contribution in [2.75, 3.05) is 0 Å². The largest absolute Gasteiger partial charge is 0.508 e. The highest BCUT2D eigenvalue weighted by molar-refractivity contribution is 5.87. The average molecular weight is 280 g/mol. The zero-order chi connectivity index (χ0) is 15.3. The Morgan fingerprint density at radius 2 is 1.80 bits per heavy atom. The Hall–Kier alpha value is -2.08. The Balaban J connectivity index is 2.72. The van der Waals surface area contributed by atoms with Crippen LogP contribution in [-0.4, -0.2) is 34.2 Å². The van der Waals surface area contributed by atoms with Gasteiger partial charge in [0.05, 0.1) is 6.04 Å². The first-order valence-electron chi connectivity index (χ1n) is 6.38. The van der Waals surface area contributed by atoms with Crippen LogP contribution in [0.1, 0.15) is 19.4 Å². The number of aliphatic carboxylic acids is 1. The van der Waals surface area contributed by atoms with Crippen LogP contribution in [0, 0.1) is 5.92 Å². The maximum atomic E-state index is 11.8. The van der Waals surface area contributed by atoms with E-state index in [0.29, 0.717) is 5.56 Å². The highest BCUT2D eigenvalue weighted by Gasteiger charge is 2.24. The van der Waals surface area contributed by atoms with Gasteiger partial charge in [-0.05, 0) is 23.6 Å². The van der Waals surface area contributed by atoms with Gasteiger partial charge in [-0.1, -0.05) is 26.0 Å². The third kappa shape index (κ3) is 4.55. The molecule has 1 aromatic rings. The molecule has 0 heterocycles. The van der Waals surface area contributed by atoms with E-state index >= 15 is 0 Å². The van der Waals surface area contributed by atoms with Gasteiger partial charge in [0.15, 0.2) is 0 Å². The van der Waals surface area contributed by atoms with Crippen LogP contribution in [0.2, 0.25) is 0 Å². The second kappa shape index (κ2) is 6.91. The van der Waals surface area contributed by atoms with E-state index in [-0.39, 0.29) is 18.1 Å². The molecule has 0 aliphatic heterocycles. The standard InChI is InChI=1S/C14H20N2O4/c1-8(2)12(15)13(18)16-11(14(19)20)7-9-3-5-10(17)6-4-9/h3-6,8,11-12,17H,7,15H2,1-2H3,(H,16,18)(H,19,20)/t11-,12+/m1/s1. The molecule has 6 nitrogen and oxygen atoms in total. The highest BCUT2D eigenvalue weighted by atomic mass is 16.4. The maximum Gasteiger partial charge on any atom is 0.326 e. The molecule has 1 aromatic carbocycles. The Morgan fingerprint density at radius 3 is 2.25 bits per heavy atom. The van der Waals surface area contributed by atoms with Gasteiger partial charge in [-0.2, -0.15) is 0 Å². The van der Waals surface area contributed by atoms with Gasteiger partial charge in [0.2, 0.25) is 5.91 Å². The van der Waals surface area contributed by atoms with E-state index in [1.54, 1.807) is 26.0 Å². The van der Waals surface area contributed by atoms with Crippen molar-refractivity contribution in [3.8, 4) is 5.75 Å². The normalized spacial score (nSPS) is 13.8. The highest BCUT2D eigenvalue weighted by Crippen LogP contribution is 2.11. The van der Waals surface area contributed by atoms with Crippen molar-refractivity contribution in [2.24, 2.45) is 11.7 Å². The van der Waals surface area contributed by atoms with Crippen molar-refractivity contribution in [1.82, 2.24) is 5.32 Å². The molecule has 0 aromatic heterocycles. The molecule has 0 spiro atoms. The monoisotopic (exact) mass is 280 g/mol. The molecule has 0 radical (unpaired) electrons. The van der Waals surface area contributed by atoms with Crippen LogP contribution < -0.4 is 11.1 Å². The fraction of sp³-hybridized carbons (Fsp3) is 0.429. The molecule has 0 saturated carbocycles. The number of rotatable bonds is 6. The Labute approximate surface area is 117 Å². The van der Waals surface area contributed by atoms with E-state index in [2.05, 4.69) is 5.32 Å². The molecular formula is C14H20N2O4. The van der Waals surface area contributed by atoms with Gasteiger partial charge < -0.3 is 21.3 Å². The lowest BCUT2D eigenvalue weighted by molar-refractivity contribution is -0.142. The molecule has 6 heteroatoms. The summed E-state index contributed by atoms with van der Waals surface area (Å²) < 4.78 is 0. The Bertz CT molecular complexity index is 471. The maximum absolute atomic E-state index is 11.8. The number of carboxylic acids is 1. The summed E-state index contributed by atoms with van der Waals surface area (Å²) >= 11 is 0. The molecule has 5 N–H and O–H groups in total. The molecule has 0 aliphatic carbocycles. The van der Waals surface area contributed by atoms with Gasteiger partial charge in [0.1, 0.15) is 11.8 Å². The number of nitrogens with one attached hydrogen (secondary N) is 1. The topological polar surface area (TPSA) is 113 Å². The van der Waals surface area contributed by atoms with Crippen LogP contribution in [0.5, 0.6) is 5.75 Å². The van der Waals surface area contributed by atoms with Gasteiger partial charge in [0, 0.05) is 6.42 Å². The SMILES string of the molecule is CC(C)[C@H](N)C(=O)N[C@H](Cc1ccc(O)cc1)C(=O)O. The fourth-order valence-electron chi connectivity index (χ4n) is 1.64. The third-order valence-electron chi connectivity index (χ3n) is 3.01. The summed E-state index contributed by atoms with van der Waals surface area (Å²) in [4.78, 5) is 23.0. The summed E-state index contributed by atoms with van der Waals surface area (Å²) in [6.07, 6.45) is 0.131. The van der Waals surface area contributed by atoms with Crippen molar-refractivity contribution in [2.45, 2.75) is 32.4 Å². The number of nitrogens with two attached hydrogens (primary N) is 1. The molecule has 1 rings (SSSR count). The predicted octanol–water partition coefficient (Wildman–Crippen LogP) is 0.487. The molecule has 1 amide bonds. The summed E-state index contributed by atoms with van der Waals surface area (Å²) in [5, 5.41) is 20.8. The lowest BCUT2D eigenvalue weighted by Gasteiger charge is -2.19. The van der Waals surface area contributed by atoms with E-state index in [9.17, 15) is 14.7 Å². The number of hydrogen-bond acceptors (Lipinski definition) is 4. The molecule has 0 unspecified atom stereocenters. The minimum atomic E-state index is -1.12. The number of carbonyl (C=O) groups excluding carboxylic acids is 1. The Morgan fingerprint density at radius 1 is 1.25 bits per heavy atom. The number of amides is 1. The van der Waals surface area contributed by atoms with Crippen molar-refractivity contribution in [1.29, 1.82) is 0 Å². The van der Waals surface area contributed by atoms with Crippen molar-refractivity contribution in [3.05, 3.63) is 29.8 Å². The second-order valence-electron chi connectivity index (χ2n) is 5.04. The molecule has 2 atom stereocenters. The van der Waals surface area contributed by atoms with Crippen molar-refractivity contribution < 1.29 is 19.8 Å². The second-order valence-corrected chi connectivity index (χ2v) is 5.04. The number of benzene rings is 1. The molecule has 110 valence electrons. The number of phenols is 1. The first-order valence-corrected chi connectivity index (χ1v) is 6.38.